The molecule has 0 aromatic rings. The lowest BCUT2D eigenvalue weighted by Crippen LogP contribution is -2.28. The highest BCUT2D eigenvalue weighted by Gasteiger charge is 2.06. The Morgan fingerprint density at radius 1 is 0.524 bits per heavy atom. The topological polar surface area (TPSA) is 12.0 Å². The summed E-state index contributed by atoms with van der Waals surface area (Å²) < 4.78 is 0. The van der Waals surface area contributed by atoms with E-state index in [1.165, 1.54) is 96.3 Å². The molecule has 0 aliphatic rings. The monoisotopic (exact) mass is 297 g/mol. The molecule has 1 nitrogen and oxygen atoms in total. The summed E-state index contributed by atoms with van der Waals surface area (Å²) in [4.78, 5) is 0. The summed E-state index contributed by atoms with van der Waals surface area (Å²) in [6, 6.07) is 0.788. The van der Waals surface area contributed by atoms with Crippen LogP contribution in [-0.2, 0) is 0 Å². The highest BCUT2D eigenvalue weighted by Crippen LogP contribution is 2.14. The van der Waals surface area contributed by atoms with Gasteiger partial charge < -0.3 is 5.32 Å². The molecule has 0 aromatic heterocycles. The van der Waals surface area contributed by atoms with Gasteiger partial charge in [-0.25, -0.2) is 0 Å². The maximum absolute atomic E-state index is 3.67. The van der Waals surface area contributed by atoms with Crippen LogP contribution in [0.3, 0.4) is 0 Å². The van der Waals surface area contributed by atoms with Gasteiger partial charge >= 0.3 is 0 Å². The fourth-order valence-corrected chi connectivity index (χ4v) is 3.16. The van der Waals surface area contributed by atoms with E-state index in [0.717, 1.165) is 12.6 Å². The molecule has 0 saturated heterocycles. The zero-order valence-electron chi connectivity index (χ0n) is 15.4. The first-order chi connectivity index (χ1) is 10.3. The molecule has 0 rings (SSSR count). The Bertz CT molecular complexity index is 179. The van der Waals surface area contributed by atoms with E-state index in [1.807, 2.05) is 0 Å². The number of hydrogen-bond donors (Lipinski definition) is 1. The van der Waals surface area contributed by atoms with Crippen molar-refractivity contribution in [2.24, 2.45) is 0 Å². The van der Waals surface area contributed by atoms with Crippen LogP contribution in [0.5, 0.6) is 0 Å². The summed E-state index contributed by atoms with van der Waals surface area (Å²) in [5.74, 6) is 0. The Labute approximate surface area is 135 Å². The summed E-state index contributed by atoms with van der Waals surface area (Å²) in [6.07, 6.45) is 21.4. The predicted molar refractivity (Wildman–Crippen MR) is 98.1 cm³/mol. The minimum absolute atomic E-state index is 0.788. The molecule has 0 aromatic carbocycles. The number of unbranched alkanes of at least 4 members (excludes halogenated alkanes) is 11. The van der Waals surface area contributed by atoms with Crippen molar-refractivity contribution in [1.29, 1.82) is 0 Å². The van der Waals surface area contributed by atoms with E-state index < -0.39 is 0 Å². The average molecular weight is 298 g/mol. The summed E-state index contributed by atoms with van der Waals surface area (Å²) in [7, 11) is 0. The molecule has 0 amide bonds. The molecule has 0 aliphatic carbocycles. The highest BCUT2D eigenvalue weighted by molar-refractivity contribution is 4.66. The van der Waals surface area contributed by atoms with Gasteiger partial charge in [-0.1, -0.05) is 104 Å². The second kappa shape index (κ2) is 18.0. The van der Waals surface area contributed by atoms with Crippen LogP contribution in [0.2, 0.25) is 0 Å². The Morgan fingerprint density at radius 2 is 0.905 bits per heavy atom. The highest BCUT2D eigenvalue weighted by atomic mass is 14.9. The lowest BCUT2D eigenvalue weighted by Gasteiger charge is -2.17. The standard InChI is InChI=1S/C20H43N/c1-4-7-9-10-11-12-13-14-15-17-19-20(21-6-3)18-16-8-5-2/h20-21H,4-19H2,1-3H3. The van der Waals surface area contributed by atoms with Crippen LogP contribution in [0.25, 0.3) is 0 Å². The molecule has 1 N–H and O–H groups in total. The van der Waals surface area contributed by atoms with Gasteiger partial charge in [0.2, 0.25) is 0 Å². The molecular formula is C20H43N. The summed E-state index contributed by atoms with van der Waals surface area (Å²) >= 11 is 0. The van der Waals surface area contributed by atoms with Gasteiger partial charge in [0.05, 0.1) is 0 Å². The first-order valence-corrected chi connectivity index (χ1v) is 10.1. The Kier molecular flexibility index (Phi) is 18.0. The van der Waals surface area contributed by atoms with Crippen LogP contribution in [0.15, 0.2) is 0 Å². The molecule has 0 heterocycles. The Hall–Kier alpha value is -0.0400. The second-order valence-corrected chi connectivity index (χ2v) is 6.72. The minimum atomic E-state index is 0.788. The quantitative estimate of drug-likeness (QED) is 0.289. The van der Waals surface area contributed by atoms with Gasteiger partial charge in [0.1, 0.15) is 0 Å². The normalized spacial score (nSPS) is 12.7. The van der Waals surface area contributed by atoms with Gasteiger partial charge in [0.25, 0.3) is 0 Å². The molecule has 0 aliphatic heterocycles. The van der Waals surface area contributed by atoms with Crippen molar-refractivity contribution in [2.75, 3.05) is 6.54 Å². The third-order valence-electron chi connectivity index (χ3n) is 4.56. The Morgan fingerprint density at radius 3 is 1.38 bits per heavy atom. The van der Waals surface area contributed by atoms with Crippen LogP contribution in [0.1, 0.15) is 117 Å². The SMILES string of the molecule is CCCCCCCCCCCCC(CCCCC)NCC. The minimum Gasteiger partial charge on any atom is -0.314 e. The third-order valence-corrected chi connectivity index (χ3v) is 4.56. The molecule has 0 fully saturated rings. The van der Waals surface area contributed by atoms with Crippen LogP contribution >= 0.6 is 0 Å². The predicted octanol–water partition coefficient (Wildman–Crippen LogP) is 6.86. The summed E-state index contributed by atoms with van der Waals surface area (Å²) in [5, 5.41) is 3.67. The van der Waals surface area contributed by atoms with Gasteiger partial charge in [-0.05, 0) is 19.4 Å². The van der Waals surface area contributed by atoms with Gasteiger partial charge in [0, 0.05) is 6.04 Å². The molecule has 0 saturated carbocycles. The molecule has 21 heavy (non-hydrogen) atoms. The number of rotatable bonds is 17. The van der Waals surface area contributed by atoms with E-state index in [0.29, 0.717) is 0 Å². The van der Waals surface area contributed by atoms with Crippen molar-refractivity contribution in [3.05, 3.63) is 0 Å². The maximum atomic E-state index is 3.67. The molecular weight excluding hydrogens is 254 g/mol. The summed E-state index contributed by atoms with van der Waals surface area (Å²) in [6.45, 7) is 7.97. The fraction of sp³-hybridized carbons (Fsp3) is 1.00. The van der Waals surface area contributed by atoms with Crippen molar-refractivity contribution in [3.8, 4) is 0 Å². The van der Waals surface area contributed by atoms with Crippen LogP contribution < -0.4 is 5.32 Å². The van der Waals surface area contributed by atoms with E-state index in [4.69, 9.17) is 0 Å². The van der Waals surface area contributed by atoms with Crippen LogP contribution in [-0.4, -0.2) is 12.6 Å². The van der Waals surface area contributed by atoms with Gasteiger partial charge in [-0.15, -0.1) is 0 Å². The third kappa shape index (κ3) is 16.2. The van der Waals surface area contributed by atoms with E-state index in [9.17, 15) is 0 Å². The smallest absolute Gasteiger partial charge is 0.00669 e. The van der Waals surface area contributed by atoms with E-state index in [-0.39, 0.29) is 0 Å². The molecule has 1 atom stereocenters. The lowest BCUT2D eigenvalue weighted by atomic mass is 10.0. The number of hydrogen-bond acceptors (Lipinski definition) is 1. The van der Waals surface area contributed by atoms with Crippen LogP contribution in [0.4, 0.5) is 0 Å². The van der Waals surface area contributed by atoms with Gasteiger partial charge in [0.15, 0.2) is 0 Å². The zero-order valence-corrected chi connectivity index (χ0v) is 15.4. The molecule has 128 valence electrons. The zero-order chi connectivity index (χ0) is 15.6. The maximum Gasteiger partial charge on any atom is 0.00669 e. The van der Waals surface area contributed by atoms with Crippen molar-refractivity contribution in [3.63, 3.8) is 0 Å². The van der Waals surface area contributed by atoms with E-state index in [2.05, 4.69) is 26.1 Å². The first-order valence-electron chi connectivity index (χ1n) is 10.1. The van der Waals surface area contributed by atoms with Crippen molar-refractivity contribution in [2.45, 2.75) is 123 Å². The van der Waals surface area contributed by atoms with E-state index in [1.54, 1.807) is 0 Å². The molecule has 0 bridgehead atoms. The van der Waals surface area contributed by atoms with Crippen molar-refractivity contribution >= 4 is 0 Å². The first kappa shape index (κ1) is 21.0. The fourth-order valence-electron chi connectivity index (χ4n) is 3.16. The second-order valence-electron chi connectivity index (χ2n) is 6.72. The largest absolute Gasteiger partial charge is 0.314 e. The Balaban J connectivity index is 3.32. The van der Waals surface area contributed by atoms with Gasteiger partial charge in [-0.3, -0.25) is 0 Å². The van der Waals surface area contributed by atoms with Gasteiger partial charge in [-0.2, -0.15) is 0 Å². The summed E-state index contributed by atoms with van der Waals surface area (Å²) in [5.41, 5.74) is 0. The van der Waals surface area contributed by atoms with Crippen molar-refractivity contribution < 1.29 is 0 Å². The average Bonchev–Trinajstić information content (AvgIpc) is 2.49. The molecule has 0 radical (unpaired) electrons. The lowest BCUT2D eigenvalue weighted by molar-refractivity contribution is 0.422. The molecule has 1 unspecified atom stereocenters. The van der Waals surface area contributed by atoms with Crippen LogP contribution in [0, 0.1) is 0 Å². The molecule has 1 heteroatoms. The number of nitrogens with one attached hydrogen (secondary N) is 1. The van der Waals surface area contributed by atoms with Crippen molar-refractivity contribution in [1.82, 2.24) is 5.32 Å². The van der Waals surface area contributed by atoms with E-state index >= 15 is 0 Å². The molecule has 0 spiro atoms.